The van der Waals surface area contributed by atoms with Crippen molar-refractivity contribution < 1.29 is 23.0 Å². The van der Waals surface area contributed by atoms with Gasteiger partial charge >= 0.3 is 0 Å². The highest BCUT2D eigenvalue weighted by molar-refractivity contribution is 7.99. The first-order chi connectivity index (χ1) is 21.5. The van der Waals surface area contributed by atoms with Crippen LogP contribution in [0.5, 0.6) is 0 Å². The molecule has 3 atom stereocenters. The van der Waals surface area contributed by atoms with E-state index in [4.69, 9.17) is 9.47 Å². The summed E-state index contributed by atoms with van der Waals surface area (Å²) in [5, 5.41) is 17.0. The Kier molecular flexibility index (Phi) is 9.51. The number of benzene rings is 4. The molecule has 1 saturated heterocycles. The van der Waals surface area contributed by atoms with Crippen molar-refractivity contribution in [3.05, 3.63) is 132 Å². The molecule has 0 unspecified atom stereocenters. The first kappa shape index (κ1) is 30.2. The van der Waals surface area contributed by atoms with Gasteiger partial charge in [0, 0.05) is 24.3 Å². The first-order valence-corrected chi connectivity index (χ1v) is 16.7. The van der Waals surface area contributed by atoms with Gasteiger partial charge in [0.2, 0.25) is 10.0 Å². The molecule has 5 aromatic rings. The van der Waals surface area contributed by atoms with Gasteiger partial charge in [-0.25, -0.2) is 18.1 Å². The van der Waals surface area contributed by atoms with E-state index in [1.807, 2.05) is 66.7 Å². The van der Waals surface area contributed by atoms with Crippen molar-refractivity contribution in [2.24, 2.45) is 0 Å². The maximum atomic E-state index is 12.7. The smallest absolute Gasteiger partial charge is 0.240 e. The van der Waals surface area contributed by atoms with Crippen LogP contribution in [-0.4, -0.2) is 40.6 Å². The average Bonchev–Trinajstić information content (AvgIpc) is 3.61. The monoisotopic (exact) mass is 628 g/mol. The Morgan fingerprint density at radius 1 is 0.864 bits per heavy atom. The second kappa shape index (κ2) is 13.9. The molecule has 226 valence electrons. The van der Waals surface area contributed by atoms with E-state index in [0.717, 1.165) is 38.5 Å². The van der Waals surface area contributed by atoms with Gasteiger partial charge in [0.05, 0.1) is 23.7 Å². The fraction of sp³-hybridized carbons (Fsp3) is 0.212. The lowest BCUT2D eigenvalue weighted by atomic mass is 9.99. The van der Waals surface area contributed by atoms with Gasteiger partial charge in [0.15, 0.2) is 11.4 Å². The van der Waals surface area contributed by atoms with E-state index in [1.165, 1.54) is 6.33 Å². The van der Waals surface area contributed by atoms with Crippen LogP contribution in [0.1, 0.15) is 41.1 Å². The predicted molar refractivity (Wildman–Crippen MR) is 168 cm³/mol. The maximum absolute atomic E-state index is 12.7. The fourth-order valence-electron chi connectivity index (χ4n) is 5.05. The quantitative estimate of drug-likeness (QED) is 0.157. The van der Waals surface area contributed by atoms with Crippen molar-refractivity contribution in [2.75, 3.05) is 5.75 Å². The van der Waals surface area contributed by atoms with Gasteiger partial charge in [-0.1, -0.05) is 90.6 Å². The zero-order valence-electron chi connectivity index (χ0n) is 23.7. The van der Waals surface area contributed by atoms with E-state index < -0.39 is 16.3 Å². The second-order valence-corrected chi connectivity index (χ2v) is 13.2. The van der Waals surface area contributed by atoms with E-state index in [1.54, 1.807) is 42.1 Å². The van der Waals surface area contributed by atoms with Crippen LogP contribution < -0.4 is 4.72 Å². The molecule has 44 heavy (non-hydrogen) atoms. The van der Waals surface area contributed by atoms with Crippen molar-refractivity contribution in [3.63, 3.8) is 0 Å². The molecule has 11 heteroatoms. The Balaban J connectivity index is 1.21. The van der Waals surface area contributed by atoms with Crippen molar-refractivity contribution in [1.82, 2.24) is 19.9 Å². The lowest BCUT2D eigenvalue weighted by Crippen LogP contribution is -2.31. The van der Waals surface area contributed by atoms with Crippen LogP contribution in [0.15, 0.2) is 120 Å². The number of aromatic amines is 1. The molecule has 6 rings (SSSR count). The summed E-state index contributed by atoms with van der Waals surface area (Å²) in [6, 6.07) is 32.0. The highest BCUT2D eigenvalue weighted by Gasteiger charge is 2.32. The third kappa shape index (κ3) is 7.44. The van der Waals surface area contributed by atoms with Gasteiger partial charge < -0.3 is 14.6 Å². The SMILES string of the molecule is O=S(=O)(NCc1cccc(-c2cccc([C@H]3O[C@@H](CSc4ncn[nH]4)C[C@@H](c4ccc(CO)cc4)O3)c2)c1)c1ccccc1. The molecule has 0 bridgehead atoms. The summed E-state index contributed by atoms with van der Waals surface area (Å²) in [5.74, 6) is 0.668. The highest BCUT2D eigenvalue weighted by atomic mass is 32.2. The molecule has 9 nitrogen and oxygen atoms in total. The van der Waals surface area contributed by atoms with Crippen molar-refractivity contribution in [1.29, 1.82) is 0 Å². The lowest BCUT2D eigenvalue weighted by molar-refractivity contribution is -0.245. The number of rotatable bonds is 11. The topological polar surface area (TPSA) is 126 Å². The Morgan fingerprint density at radius 2 is 1.64 bits per heavy atom. The zero-order chi connectivity index (χ0) is 30.4. The average molecular weight is 629 g/mol. The van der Waals surface area contributed by atoms with E-state index >= 15 is 0 Å². The number of nitrogens with one attached hydrogen (secondary N) is 2. The number of aromatic nitrogens is 3. The van der Waals surface area contributed by atoms with E-state index in [0.29, 0.717) is 12.2 Å². The number of nitrogens with zero attached hydrogens (tertiary/aromatic N) is 2. The number of aliphatic hydroxyl groups is 1. The number of ether oxygens (including phenoxy) is 2. The van der Waals surface area contributed by atoms with Gasteiger partial charge in [0.25, 0.3) is 0 Å². The molecule has 0 saturated carbocycles. The molecule has 1 aromatic heterocycles. The summed E-state index contributed by atoms with van der Waals surface area (Å²) >= 11 is 1.55. The normalized spacial score (nSPS) is 18.7. The van der Waals surface area contributed by atoms with Gasteiger partial charge in [-0.2, -0.15) is 5.10 Å². The molecule has 1 aliphatic heterocycles. The molecule has 2 heterocycles. The number of hydrogen-bond acceptors (Lipinski definition) is 8. The molecule has 0 spiro atoms. The molecule has 0 amide bonds. The molecule has 0 radical (unpaired) electrons. The Morgan fingerprint density at radius 3 is 2.39 bits per heavy atom. The predicted octanol–water partition coefficient (Wildman–Crippen LogP) is 5.78. The minimum Gasteiger partial charge on any atom is -0.392 e. The van der Waals surface area contributed by atoms with E-state index in [-0.39, 0.29) is 30.3 Å². The fourth-order valence-corrected chi connectivity index (χ4v) is 6.88. The summed E-state index contributed by atoms with van der Waals surface area (Å²) in [4.78, 5) is 4.45. The zero-order valence-corrected chi connectivity index (χ0v) is 25.4. The van der Waals surface area contributed by atoms with Crippen molar-refractivity contribution in [2.45, 2.75) is 48.1 Å². The van der Waals surface area contributed by atoms with Crippen LogP contribution >= 0.6 is 11.8 Å². The van der Waals surface area contributed by atoms with E-state index in [2.05, 4.69) is 26.0 Å². The molecular weight excluding hydrogens is 597 g/mol. The molecule has 1 fully saturated rings. The number of aliphatic hydroxyl groups excluding tert-OH is 1. The van der Waals surface area contributed by atoms with Gasteiger partial charge in [0.1, 0.15) is 6.33 Å². The lowest BCUT2D eigenvalue weighted by Gasteiger charge is -2.36. The van der Waals surface area contributed by atoms with Crippen LogP contribution in [0.4, 0.5) is 0 Å². The number of sulfonamides is 1. The third-order valence-electron chi connectivity index (χ3n) is 7.35. The van der Waals surface area contributed by atoms with Crippen molar-refractivity contribution in [3.8, 4) is 11.1 Å². The summed E-state index contributed by atoms with van der Waals surface area (Å²) in [6.07, 6.45) is 1.23. The summed E-state index contributed by atoms with van der Waals surface area (Å²) < 4.78 is 41.1. The van der Waals surface area contributed by atoms with Crippen LogP contribution in [-0.2, 0) is 32.6 Å². The Labute approximate surface area is 260 Å². The summed E-state index contributed by atoms with van der Waals surface area (Å²) in [7, 11) is -3.62. The van der Waals surface area contributed by atoms with Crippen LogP contribution in [0.25, 0.3) is 11.1 Å². The summed E-state index contributed by atoms with van der Waals surface area (Å²) in [5.41, 5.74) is 5.50. The molecule has 4 aromatic carbocycles. The van der Waals surface area contributed by atoms with Gasteiger partial charge in [-0.3, -0.25) is 5.10 Å². The van der Waals surface area contributed by atoms with Crippen LogP contribution in [0.3, 0.4) is 0 Å². The molecule has 0 aliphatic carbocycles. The minimum absolute atomic E-state index is 0.0130. The minimum atomic E-state index is -3.62. The summed E-state index contributed by atoms with van der Waals surface area (Å²) in [6.45, 7) is 0.155. The largest absolute Gasteiger partial charge is 0.392 e. The van der Waals surface area contributed by atoms with E-state index in [9.17, 15) is 13.5 Å². The first-order valence-electron chi connectivity index (χ1n) is 14.2. The number of thioether (sulfide) groups is 1. The highest BCUT2D eigenvalue weighted by Crippen LogP contribution is 2.40. The number of hydrogen-bond donors (Lipinski definition) is 3. The molecular formula is C33H32N4O5S2. The second-order valence-electron chi connectivity index (χ2n) is 10.4. The van der Waals surface area contributed by atoms with Crippen LogP contribution in [0, 0.1) is 0 Å². The third-order valence-corrected chi connectivity index (χ3v) is 9.78. The Bertz CT molecular complexity index is 1770. The molecule has 3 N–H and O–H groups in total. The molecule has 1 aliphatic rings. The maximum Gasteiger partial charge on any atom is 0.240 e. The van der Waals surface area contributed by atoms with Gasteiger partial charge in [-0.05, 0) is 52.1 Å². The van der Waals surface area contributed by atoms with Gasteiger partial charge in [-0.15, -0.1) is 0 Å². The van der Waals surface area contributed by atoms with Crippen molar-refractivity contribution >= 4 is 21.8 Å². The van der Waals surface area contributed by atoms with Crippen LogP contribution in [0.2, 0.25) is 0 Å². The Hall–Kier alpha value is -3.84. The number of H-pyrrole nitrogens is 1. The standard InChI is InChI=1S/C33H32N4O5S2/c38-20-23-12-14-25(15-13-23)31-18-29(21-43-33-34-22-35-37-33)41-32(42-31)28-9-5-8-27(17-28)26-7-4-6-24(16-26)19-36-44(39,40)30-10-2-1-3-11-30/h1-17,22,29,31-32,36,38H,18-21H2,(H,34,35,37)/t29-,31+,32+/m1/s1.